The molecule has 0 unspecified atom stereocenters. The second-order valence-corrected chi connectivity index (χ2v) is 6.11. The van der Waals surface area contributed by atoms with Crippen LogP contribution in [0.15, 0.2) is 0 Å². The van der Waals surface area contributed by atoms with Crippen molar-refractivity contribution < 1.29 is 19.4 Å². The zero-order valence-corrected chi connectivity index (χ0v) is 11.4. The van der Waals surface area contributed by atoms with E-state index < -0.39 is 0 Å². The minimum atomic E-state index is -0.273. The molecule has 4 heteroatoms. The van der Waals surface area contributed by atoms with Gasteiger partial charge in [0.2, 0.25) is 0 Å². The van der Waals surface area contributed by atoms with E-state index in [1.165, 1.54) is 6.92 Å². The highest BCUT2D eigenvalue weighted by Gasteiger charge is 2.73. The van der Waals surface area contributed by atoms with Gasteiger partial charge in [-0.1, -0.05) is 13.8 Å². The van der Waals surface area contributed by atoms with Crippen LogP contribution < -0.4 is 0 Å². The Labute approximate surface area is 108 Å². The van der Waals surface area contributed by atoms with Crippen LogP contribution in [0.2, 0.25) is 0 Å². The molecule has 0 amide bonds. The van der Waals surface area contributed by atoms with Crippen molar-refractivity contribution in [1.82, 2.24) is 0 Å². The first kappa shape index (κ1) is 13.5. The number of aliphatic hydroxyl groups excluding tert-OH is 1. The molecule has 18 heavy (non-hydrogen) atoms. The largest absolute Gasteiger partial charge is 0.462 e. The Morgan fingerprint density at radius 1 is 1.39 bits per heavy atom. The fourth-order valence-corrected chi connectivity index (χ4v) is 3.82. The zero-order valence-electron chi connectivity index (χ0n) is 11.4. The van der Waals surface area contributed by atoms with Gasteiger partial charge in [0.05, 0.1) is 0 Å². The number of hydrogen-bond acceptors (Lipinski definition) is 4. The van der Waals surface area contributed by atoms with Gasteiger partial charge in [0.1, 0.15) is 11.9 Å². The number of aliphatic hydroxyl groups is 1. The normalized spacial score (nSPS) is 41.3. The average molecular weight is 254 g/mol. The molecule has 0 radical (unpaired) electrons. The molecule has 0 saturated heterocycles. The summed E-state index contributed by atoms with van der Waals surface area (Å²) in [5.74, 6) is 0.185. The van der Waals surface area contributed by atoms with Crippen molar-refractivity contribution in [3.8, 4) is 0 Å². The molecule has 2 aliphatic carbocycles. The molecule has 0 aromatic rings. The average Bonchev–Trinajstić information content (AvgIpc) is 2.99. The van der Waals surface area contributed by atoms with E-state index in [9.17, 15) is 14.7 Å². The van der Waals surface area contributed by atoms with Crippen molar-refractivity contribution >= 4 is 11.8 Å². The molecule has 0 aliphatic heterocycles. The van der Waals surface area contributed by atoms with E-state index in [1.54, 1.807) is 0 Å². The number of fused-ring (bicyclic) bond motifs is 1. The lowest BCUT2D eigenvalue weighted by Gasteiger charge is -2.33. The van der Waals surface area contributed by atoms with E-state index in [0.717, 1.165) is 6.42 Å². The Hall–Kier alpha value is -0.900. The summed E-state index contributed by atoms with van der Waals surface area (Å²) in [6, 6.07) is 0. The molecule has 4 atom stereocenters. The minimum Gasteiger partial charge on any atom is -0.462 e. The fourth-order valence-electron chi connectivity index (χ4n) is 3.82. The van der Waals surface area contributed by atoms with Crippen LogP contribution in [0.1, 0.15) is 46.5 Å². The summed E-state index contributed by atoms with van der Waals surface area (Å²) >= 11 is 0. The van der Waals surface area contributed by atoms with Crippen molar-refractivity contribution in [2.24, 2.45) is 16.7 Å². The number of carbonyl (C=O) groups is 2. The molecule has 2 rings (SSSR count). The molecule has 0 aromatic heterocycles. The van der Waals surface area contributed by atoms with Gasteiger partial charge in [-0.15, -0.1) is 0 Å². The number of hydrogen-bond donors (Lipinski definition) is 1. The van der Waals surface area contributed by atoms with E-state index in [-0.39, 0.29) is 41.2 Å². The third-order valence-electron chi connectivity index (χ3n) is 5.02. The number of rotatable bonds is 5. The zero-order chi connectivity index (χ0) is 13.6. The maximum atomic E-state index is 11.7. The second kappa shape index (κ2) is 4.34. The van der Waals surface area contributed by atoms with Gasteiger partial charge in [0.15, 0.2) is 0 Å². The maximum absolute atomic E-state index is 11.7. The summed E-state index contributed by atoms with van der Waals surface area (Å²) in [4.78, 5) is 22.8. The lowest BCUT2D eigenvalue weighted by atomic mass is 9.71. The smallest absolute Gasteiger partial charge is 0.302 e. The van der Waals surface area contributed by atoms with Gasteiger partial charge in [-0.05, 0) is 18.3 Å². The van der Waals surface area contributed by atoms with Crippen molar-refractivity contribution in [2.75, 3.05) is 6.61 Å². The van der Waals surface area contributed by atoms with E-state index in [4.69, 9.17) is 4.74 Å². The first-order chi connectivity index (χ1) is 8.38. The van der Waals surface area contributed by atoms with E-state index >= 15 is 0 Å². The summed E-state index contributed by atoms with van der Waals surface area (Å²) in [5, 5.41) is 9.69. The van der Waals surface area contributed by atoms with Gasteiger partial charge in [0.25, 0.3) is 0 Å². The first-order valence-corrected chi connectivity index (χ1v) is 6.68. The van der Waals surface area contributed by atoms with E-state index in [1.807, 2.05) is 6.92 Å². The Bertz CT molecular complexity index is 378. The molecule has 1 N–H and O–H groups in total. The second-order valence-electron chi connectivity index (χ2n) is 6.11. The Balaban J connectivity index is 2.15. The first-order valence-electron chi connectivity index (χ1n) is 6.68. The van der Waals surface area contributed by atoms with Crippen molar-refractivity contribution in [1.29, 1.82) is 0 Å². The Morgan fingerprint density at radius 2 is 2.06 bits per heavy atom. The summed E-state index contributed by atoms with van der Waals surface area (Å²) in [5.41, 5.74) is -0.419. The van der Waals surface area contributed by atoms with Crippen molar-refractivity contribution in [2.45, 2.75) is 52.6 Å². The highest BCUT2D eigenvalue weighted by atomic mass is 16.5. The number of carbonyl (C=O) groups excluding carboxylic acids is 2. The van der Waals surface area contributed by atoms with Gasteiger partial charge in [-0.25, -0.2) is 0 Å². The predicted octanol–water partition coefficient (Wildman–Crippen LogP) is 1.70. The van der Waals surface area contributed by atoms with Gasteiger partial charge < -0.3 is 9.84 Å². The quantitative estimate of drug-likeness (QED) is 0.758. The number of Topliss-reactive ketones (excluding diaryl/α,β-unsaturated/α-hetero) is 1. The lowest BCUT2D eigenvalue weighted by molar-refractivity contribution is -0.147. The molecule has 102 valence electrons. The third-order valence-corrected chi connectivity index (χ3v) is 5.02. The summed E-state index contributed by atoms with van der Waals surface area (Å²) < 4.78 is 5.34. The predicted molar refractivity (Wildman–Crippen MR) is 65.8 cm³/mol. The molecular weight excluding hydrogens is 232 g/mol. The Morgan fingerprint density at radius 3 is 2.56 bits per heavy atom. The molecule has 4 nitrogen and oxygen atoms in total. The van der Waals surface area contributed by atoms with Crippen LogP contribution in [-0.2, 0) is 14.3 Å². The van der Waals surface area contributed by atoms with Crippen LogP contribution in [0.5, 0.6) is 0 Å². The molecule has 2 fully saturated rings. The lowest BCUT2D eigenvalue weighted by Crippen LogP contribution is -2.32. The molecule has 0 heterocycles. The molecular formula is C14H22O4. The number of ether oxygens (including phenoxy) is 1. The van der Waals surface area contributed by atoms with Crippen LogP contribution in [0, 0.1) is 16.7 Å². The van der Waals surface area contributed by atoms with Crippen molar-refractivity contribution in [3.63, 3.8) is 0 Å². The standard InChI is InChI=1S/C14H22O4/c1-4-10(17)5-13(3)7-12(18-9(2)16)11-6-14(11,13)8-15/h11-12,15H,4-8H2,1-3H3/t11-,12-,13+,14+/m0/s1. The summed E-state index contributed by atoms with van der Waals surface area (Å²) in [6.45, 7) is 5.42. The third kappa shape index (κ3) is 1.87. The van der Waals surface area contributed by atoms with Gasteiger partial charge >= 0.3 is 5.97 Å². The molecule has 0 aromatic carbocycles. The Kier molecular flexibility index (Phi) is 3.26. The minimum absolute atomic E-state index is 0.0862. The van der Waals surface area contributed by atoms with Crippen molar-refractivity contribution in [3.05, 3.63) is 0 Å². The van der Waals surface area contributed by atoms with Crippen LogP contribution in [0.25, 0.3) is 0 Å². The molecule has 0 bridgehead atoms. The van der Waals surface area contributed by atoms with Crippen LogP contribution in [0.4, 0.5) is 0 Å². The highest BCUT2D eigenvalue weighted by Crippen LogP contribution is 2.73. The van der Waals surface area contributed by atoms with Crippen LogP contribution in [0.3, 0.4) is 0 Å². The van der Waals surface area contributed by atoms with Gasteiger partial charge in [-0.2, -0.15) is 0 Å². The maximum Gasteiger partial charge on any atom is 0.302 e. The fraction of sp³-hybridized carbons (Fsp3) is 0.857. The molecule has 0 spiro atoms. The molecule has 2 saturated carbocycles. The molecule has 2 aliphatic rings. The topological polar surface area (TPSA) is 63.6 Å². The van der Waals surface area contributed by atoms with E-state index in [2.05, 4.69) is 6.92 Å². The van der Waals surface area contributed by atoms with E-state index in [0.29, 0.717) is 19.3 Å². The SMILES string of the molecule is CCC(=O)C[C@]1(C)C[C@H](OC(C)=O)[C@@H]2C[C@@]21CO. The summed E-state index contributed by atoms with van der Waals surface area (Å²) in [6.07, 6.45) is 2.46. The van der Waals surface area contributed by atoms with Gasteiger partial charge in [0, 0.05) is 37.7 Å². The van der Waals surface area contributed by atoms with Gasteiger partial charge in [-0.3, -0.25) is 9.59 Å². The van der Waals surface area contributed by atoms with Crippen LogP contribution >= 0.6 is 0 Å². The number of ketones is 1. The number of esters is 1. The monoisotopic (exact) mass is 254 g/mol. The van der Waals surface area contributed by atoms with Crippen LogP contribution in [-0.4, -0.2) is 29.6 Å². The summed E-state index contributed by atoms with van der Waals surface area (Å²) in [7, 11) is 0. The highest BCUT2D eigenvalue weighted by molar-refractivity contribution is 5.79.